The summed E-state index contributed by atoms with van der Waals surface area (Å²) in [6.45, 7) is 2.11. The van der Waals surface area contributed by atoms with Crippen LogP contribution in [0.25, 0.3) is 21.9 Å². The number of benzene rings is 2. The molecule has 0 saturated heterocycles. The zero-order valence-electron chi connectivity index (χ0n) is 11.3. The van der Waals surface area contributed by atoms with E-state index in [1.165, 1.54) is 27.5 Å². The Labute approximate surface area is 118 Å². The summed E-state index contributed by atoms with van der Waals surface area (Å²) < 4.78 is 0. The van der Waals surface area contributed by atoms with Gasteiger partial charge in [0.05, 0.1) is 0 Å². The molecule has 0 radical (unpaired) electrons. The Kier molecular flexibility index (Phi) is 4.45. The molecule has 0 bridgehead atoms. The molecule has 0 aliphatic heterocycles. The number of rotatable bonds is 1. The van der Waals surface area contributed by atoms with Gasteiger partial charge in [-0.05, 0) is 35.6 Å². The van der Waals surface area contributed by atoms with Crippen LogP contribution in [-0.2, 0) is 4.79 Å². The second kappa shape index (κ2) is 6.48. The lowest BCUT2D eigenvalue weighted by molar-refractivity contribution is -0.106. The highest BCUT2D eigenvalue weighted by Crippen LogP contribution is 2.24. The van der Waals surface area contributed by atoms with Crippen LogP contribution in [-0.4, -0.2) is 11.4 Å². The van der Waals surface area contributed by atoms with Crippen LogP contribution >= 0.6 is 0 Å². The van der Waals surface area contributed by atoms with Crippen molar-refractivity contribution in [3.8, 4) is 11.1 Å². The van der Waals surface area contributed by atoms with Crippen LogP contribution in [0.5, 0.6) is 0 Å². The van der Waals surface area contributed by atoms with E-state index in [1.807, 2.05) is 18.5 Å². The molecule has 0 fully saturated rings. The summed E-state index contributed by atoms with van der Waals surface area (Å²) >= 11 is 0. The van der Waals surface area contributed by atoms with E-state index in [0.717, 1.165) is 0 Å². The van der Waals surface area contributed by atoms with Gasteiger partial charge in [0.1, 0.15) is 0 Å². The van der Waals surface area contributed by atoms with Crippen LogP contribution in [0, 0.1) is 6.92 Å². The number of nitrogens with zero attached hydrogens (tertiary/aromatic N) is 1. The van der Waals surface area contributed by atoms with Gasteiger partial charge >= 0.3 is 0 Å². The van der Waals surface area contributed by atoms with E-state index in [0.29, 0.717) is 0 Å². The Morgan fingerprint density at radius 1 is 0.950 bits per heavy atom. The normalized spacial score (nSPS) is 9.65. The summed E-state index contributed by atoms with van der Waals surface area (Å²) in [5, 5.41) is 2.42. The second-order valence-electron chi connectivity index (χ2n) is 4.44. The van der Waals surface area contributed by atoms with Crippen molar-refractivity contribution in [1.82, 2.24) is 4.98 Å². The molecule has 0 spiro atoms. The summed E-state index contributed by atoms with van der Waals surface area (Å²) in [7, 11) is 0. The highest BCUT2D eigenvalue weighted by atomic mass is 16.1. The van der Waals surface area contributed by atoms with Crippen molar-refractivity contribution >= 4 is 17.2 Å². The van der Waals surface area contributed by atoms with Gasteiger partial charge in [-0.3, -0.25) is 9.78 Å². The highest BCUT2D eigenvalue weighted by Gasteiger charge is 1.99. The van der Waals surface area contributed by atoms with Crippen molar-refractivity contribution in [2.45, 2.75) is 6.92 Å². The lowest BCUT2D eigenvalue weighted by Crippen LogP contribution is -1.82. The van der Waals surface area contributed by atoms with Crippen molar-refractivity contribution in [2.75, 3.05) is 0 Å². The quantitative estimate of drug-likeness (QED) is 0.685. The first-order valence-electron chi connectivity index (χ1n) is 6.31. The fourth-order valence-electron chi connectivity index (χ4n) is 2.01. The molecular weight excluding hydrogens is 248 g/mol. The lowest BCUT2D eigenvalue weighted by atomic mass is 10.0. The van der Waals surface area contributed by atoms with Crippen LogP contribution in [0.3, 0.4) is 0 Å². The third-order valence-electron chi connectivity index (χ3n) is 3.03. The summed E-state index contributed by atoms with van der Waals surface area (Å²) in [5.41, 5.74) is 7.97. The second-order valence-corrected chi connectivity index (χ2v) is 4.44. The molecule has 0 aliphatic rings. The third-order valence-corrected chi connectivity index (χ3v) is 3.03. The topological polar surface area (TPSA) is 56.0 Å². The first-order chi connectivity index (χ1) is 9.74. The van der Waals surface area contributed by atoms with Crippen molar-refractivity contribution in [2.24, 2.45) is 5.73 Å². The van der Waals surface area contributed by atoms with E-state index in [1.54, 1.807) is 0 Å². The minimum atomic E-state index is 0.250. The average molecular weight is 264 g/mol. The van der Waals surface area contributed by atoms with Gasteiger partial charge in [-0.1, -0.05) is 42.0 Å². The number of nitrogens with two attached hydrogens (primary N) is 1. The molecule has 0 aliphatic carbocycles. The maximum Gasteiger partial charge on any atom is 0.204 e. The van der Waals surface area contributed by atoms with Crippen molar-refractivity contribution in [1.29, 1.82) is 0 Å². The van der Waals surface area contributed by atoms with E-state index >= 15 is 0 Å². The van der Waals surface area contributed by atoms with Crippen LogP contribution in [0.15, 0.2) is 60.9 Å². The number of aromatic nitrogens is 1. The molecule has 2 aromatic carbocycles. The fourth-order valence-corrected chi connectivity index (χ4v) is 2.01. The van der Waals surface area contributed by atoms with E-state index < -0.39 is 0 Å². The molecule has 3 aromatic rings. The predicted molar refractivity (Wildman–Crippen MR) is 82.2 cm³/mol. The van der Waals surface area contributed by atoms with Gasteiger partial charge in [0.15, 0.2) is 0 Å². The molecule has 3 nitrogen and oxygen atoms in total. The number of carbonyl (C=O) groups excluding carboxylic acids is 1. The number of primary amides is 1. The Morgan fingerprint density at radius 2 is 1.60 bits per heavy atom. The summed E-state index contributed by atoms with van der Waals surface area (Å²) in [4.78, 5) is 12.7. The predicted octanol–water partition coefficient (Wildman–Crippen LogP) is 3.31. The van der Waals surface area contributed by atoms with E-state index in [-0.39, 0.29) is 6.41 Å². The molecule has 20 heavy (non-hydrogen) atoms. The Hall–Kier alpha value is -2.68. The van der Waals surface area contributed by atoms with E-state index in [2.05, 4.69) is 60.1 Å². The van der Waals surface area contributed by atoms with Gasteiger partial charge in [-0.2, -0.15) is 0 Å². The molecule has 1 aromatic heterocycles. The molecule has 3 rings (SSSR count). The molecule has 3 heteroatoms. The first-order valence-corrected chi connectivity index (χ1v) is 6.31. The molecular formula is C17H16N2O. The number of hydrogen-bond donors (Lipinski definition) is 1. The molecule has 0 unspecified atom stereocenters. The average Bonchev–Trinajstić information content (AvgIpc) is 2.48. The zero-order chi connectivity index (χ0) is 14.4. The molecule has 0 atom stereocenters. The smallest absolute Gasteiger partial charge is 0.204 e. The van der Waals surface area contributed by atoms with Gasteiger partial charge in [0.2, 0.25) is 6.41 Å². The van der Waals surface area contributed by atoms with Gasteiger partial charge in [0.25, 0.3) is 0 Å². The Bertz CT molecular complexity index is 706. The SMILES string of the molecule is Cc1ccc(-c2ccc3cnccc3c2)cc1.NC=O. The largest absolute Gasteiger partial charge is 0.372 e. The standard InChI is InChI=1S/C16H13N.CH3NO/c1-12-2-4-13(5-3-12)14-6-7-16-11-17-9-8-15(16)10-14;2-1-3/h2-11H,1H3;1H,(H2,2,3). The molecule has 1 amide bonds. The molecule has 100 valence electrons. The summed E-state index contributed by atoms with van der Waals surface area (Å²) in [6, 6.07) is 17.1. The summed E-state index contributed by atoms with van der Waals surface area (Å²) in [5.74, 6) is 0. The Balaban J connectivity index is 0.000000452. The maximum absolute atomic E-state index is 8.58. The number of fused-ring (bicyclic) bond motifs is 1. The molecule has 0 saturated carbocycles. The maximum atomic E-state index is 8.58. The number of carbonyl (C=O) groups is 1. The molecule has 1 heterocycles. The number of aryl methyl sites for hydroxylation is 1. The molecule has 2 N–H and O–H groups in total. The number of pyridine rings is 1. The van der Waals surface area contributed by atoms with Gasteiger partial charge in [0, 0.05) is 17.8 Å². The Morgan fingerprint density at radius 3 is 2.30 bits per heavy atom. The monoisotopic (exact) mass is 264 g/mol. The fraction of sp³-hybridized carbons (Fsp3) is 0.0588. The van der Waals surface area contributed by atoms with Crippen molar-refractivity contribution in [3.05, 3.63) is 66.5 Å². The van der Waals surface area contributed by atoms with Crippen LogP contribution in [0.2, 0.25) is 0 Å². The summed E-state index contributed by atoms with van der Waals surface area (Å²) in [6.07, 6.45) is 3.98. The van der Waals surface area contributed by atoms with Crippen LogP contribution in [0.4, 0.5) is 0 Å². The van der Waals surface area contributed by atoms with E-state index in [9.17, 15) is 0 Å². The van der Waals surface area contributed by atoms with Crippen molar-refractivity contribution in [3.63, 3.8) is 0 Å². The van der Waals surface area contributed by atoms with Gasteiger partial charge < -0.3 is 5.73 Å². The minimum Gasteiger partial charge on any atom is -0.372 e. The first kappa shape index (κ1) is 13.7. The highest BCUT2D eigenvalue weighted by molar-refractivity contribution is 5.86. The van der Waals surface area contributed by atoms with Crippen LogP contribution < -0.4 is 5.73 Å². The number of amides is 1. The third kappa shape index (κ3) is 3.20. The van der Waals surface area contributed by atoms with Crippen molar-refractivity contribution < 1.29 is 4.79 Å². The van der Waals surface area contributed by atoms with Crippen LogP contribution in [0.1, 0.15) is 5.56 Å². The van der Waals surface area contributed by atoms with Gasteiger partial charge in [-0.15, -0.1) is 0 Å². The zero-order valence-corrected chi connectivity index (χ0v) is 11.3. The number of hydrogen-bond acceptors (Lipinski definition) is 2. The van der Waals surface area contributed by atoms with Gasteiger partial charge in [-0.25, -0.2) is 0 Å². The lowest BCUT2D eigenvalue weighted by Gasteiger charge is -2.04. The minimum absolute atomic E-state index is 0.250. The van der Waals surface area contributed by atoms with E-state index in [4.69, 9.17) is 4.79 Å².